The molecule has 5 heteroatoms. The number of hydrogen-bond donors (Lipinski definition) is 0. The van der Waals surface area contributed by atoms with Gasteiger partial charge in [0.2, 0.25) is 5.91 Å². The molecule has 126 valence electrons. The lowest BCUT2D eigenvalue weighted by atomic mass is 9.95. The number of carbonyl (C=O) groups is 1. The number of piperidine rings is 1. The first-order chi connectivity index (χ1) is 12.3. The van der Waals surface area contributed by atoms with Crippen LogP contribution in [0.15, 0.2) is 42.6 Å². The highest BCUT2D eigenvalue weighted by Gasteiger charge is 2.32. The van der Waals surface area contributed by atoms with Gasteiger partial charge in [0.1, 0.15) is 11.9 Å². The van der Waals surface area contributed by atoms with Gasteiger partial charge in [0.05, 0.1) is 5.56 Å². The summed E-state index contributed by atoms with van der Waals surface area (Å²) in [6.07, 6.45) is 4.25. The molecule has 2 aliphatic rings. The summed E-state index contributed by atoms with van der Waals surface area (Å²) in [5.41, 5.74) is 2.93. The molecular weight excluding hydrogens is 312 g/mol. The van der Waals surface area contributed by atoms with E-state index in [1.54, 1.807) is 12.3 Å². The highest BCUT2D eigenvalue weighted by molar-refractivity contribution is 5.97. The second-order valence-corrected chi connectivity index (χ2v) is 6.65. The lowest BCUT2D eigenvalue weighted by molar-refractivity contribution is -0.122. The number of anilines is 2. The molecule has 0 aliphatic carbocycles. The number of para-hydroxylation sites is 1. The summed E-state index contributed by atoms with van der Waals surface area (Å²) in [5.74, 6) is 1.23. The van der Waals surface area contributed by atoms with Gasteiger partial charge in [0.25, 0.3) is 0 Å². The molecule has 3 heterocycles. The van der Waals surface area contributed by atoms with Crippen molar-refractivity contribution in [1.29, 1.82) is 5.26 Å². The quantitative estimate of drug-likeness (QED) is 0.848. The van der Waals surface area contributed by atoms with E-state index in [4.69, 9.17) is 5.26 Å². The third kappa shape index (κ3) is 2.96. The van der Waals surface area contributed by atoms with Gasteiger partial charge >= 0.3 is 0 Å². The highest BCUT2D eigenvalue weighted by Crippen LogP contribution is 2.31. The van der Waals surface area contributed by atoms with Crippen LogP contribution in [0.25, 0.3) is 0 Å². The van der Waals surface area contributed by atoms with Crippen LogP contribution in [0.5, 0.6) is 0 Å². The second kappa shape index (κ2) is 6.56. The van der Waals surface area contributed by atoms with Crippen molar-refractivity contribution in [1.82, 2.24) is 4.98 Å². The van der Waals surface area contributed by atoms with Crippen molar-refractivity contribution < 1.29 is 4.79 Å². The molecule has 1 saturated heterocycles. The summed E-state index contributed by atoms with van der Waals surface area (Å²) in [5, 5.41) is 8.86. The minimum atomic E-state index is 0.0841. The van der Waals surface area contributed by atoms with Crippen LogP contribution in [0.1, 0.15) is 24.0 Å². The molecule has 1 aromatic heterocycles. The number of fused-ring (bicyclic) bond motifs is 1. The van der Waals surface area contributed by atoms with Gasteiger partial charge in [-0.05, 0) is 43.0 Å². The Morgan fingerprint density at radius 3 is 2.64 bits per heavy atom. The van der Waals surface area contributed by atoms with Crippen LogP contribution >= 0.6 is 0 Å². The summed E-state index contributed by atoms with van der Waals surface area (Å²) < 4.78 is 0. The molecule has 2 aliphatic heterocycles. The van der Waals surface area contributed by atoms with Crippen molar-refractivity contribution in [2.75, 3.05) is 29.4 Å². The minimum absolute atomic E-state index is 0.0841. The van der Waals surface area contributed by atoms with E-state index >= 15 is 0 Å². The molecule has 1 aromatic carbocycles. The highest BCUT2D eigenvalue weighted by atomic mass is 16.2. The first-order valence-electron chi connectivity index (χ1n) is 8.76. The maximum absolute atomic E-state index is 12.9. The van der Waals surface area contributed by atoms with Crippen LogP contribution in [-0.4, -0.2) is 30.5 Å². The monoisotopic (exact) mass is 332 g/mol. The summed E-state index contributed by atoms with van der Waals surface area (Å²) >= 11 is 0. The SMILES string of the molecule is N#Cc1ccc(N2CCC(C(=O)N3CCc4ccccc43)CC2)nc1. The van der Waals surface area contributed by atoms with Crippen LogP contribution in [-0.2, 0) is 11.2 Å². The average Bonchev–Trinajstić information content (AvgIpc) is 3.12. The number of hydrogen-bond acceptors (Lipinski definition) is 4. The second-order valence-electron chi connectivity index (χ2n) is 6.65. The van der Waals surface area contributed by atoms with E-state index in [2.05, 4.69) is 28.1 Å². The first-order valence-corrected chi connectivity index (χ1v) is 8.76. The predicted octanol–water partition coefficient (Wildman–Crippen LogP) is 2.76. The molecule has 1 amide bonds. The minimum Gasteiger partial charge on any atom is -0.357 e. The van der Waals surface area contributed by atoms with Gasteiger partial charge < -0.3 is 9.80 Å². The van der Waals surface area contributed by atoms with Gasteiger partial charge in [-0.25, -0.2) is 4.98 Å². The van der Waals surface area contributed by atoms with Crippen LogP contribution in [0.4, 0.5) is 11.5 Å². The van der Waals surface area contributed by atoms with Gasteiger partial charge in [-0.3, -0.25) is 4.79 Å². The fourth-order valence-electron chi connectivity index (χ4n) is 3.78. The molecule has 0 atom stereocenters. The van der Waals surface area contributed by atoms with E-state index in [9.17, 15) is 4.79 Å². The van der Waals surface area contributed by atoms with E-state index in [1.165, 1.54) is 5.56 Å². The Morgan fingerprint density at radius 2 is 1.92 bits per heavy atom. The lowest BCUT2D eigenvalue weighted by Crippen LogP contribution is -2.42. The zero-order valence-electron chi connectivity index (χ0n) is 14.1. The van der Waals surface area contributed by atoms with Crippen molar-refractivity contribution in [3.05, 3.63) is 53.7 Å². The normalized spacial score (nSPS) is 17.2. The number of nitriles is 1. The van der Waals surface area contributed by atoms with Gasteiger partial charge in [-0.15, -0.1) is 0 Å². The summed E-state index contributed by atoms with van der Waals surface area (Å²) in [4.78, 5) is 21.5. The van der Waals surface area contributed by atoms with E-state index in [-0.39, 0.29) is 11.8 Å². The Bertz CT molecular complexity index is 816. The van der Waals surface area contributed by atoms with Gasteiger partial charge in [0.15, 0.2) is 0 Å². The Hall–Kier alpha value is -2.87. The lowest BCUT2D eigenvalue weighted by Gasteiger charge is -2.34. The Kier molecular flexibility index (Phi) is 4.10. The topological polar surface area (TPSA) is 60.2 Å². The number of benzene rings is 1. The smallest absolute Gasteiger partial charge is 0.230 e. The largest absolute Gasteiger partial charge is 0.357 e. The van der Waals surface area contributed by atoms with E-state index < -0.39 is 0 Å². The maximum Gasteiger partial charge on any atom is 0.230 e. The van der Waals surface area contributed by atoms with Gasteiger partial charge in [-0.2, -0.15) is 5.26 Å². The fraction of sp³-hybridized carbons (Fsp3) is 0.350. The molecule has 5 nitrogen and oxygen atoms in total. The number of pyridine rings is 1. The van der Waals surface area contributed by atoms with Gasteiger partial charge in [0, 0.05) is 37.4 Å². The van der Waals surface area contributed by atoms with E-state index in [1.807, 2.05) is 23.1 Å². The summed E-state index contributed by atoms with van der Waals surface area (Å²) in [7, 11) is 0. The molecule has 0 spiro atoms. The molecular formula is C20H20N4O. The van der Waals surface area contributed by atoms with Crippen LogP contribution in [0.3, 0.4) is 0 Å². The van der Waals surface area contributed by atoms with Crippen molar-refractivity contribution in [3.8, 4) is 6.07 Å². The zero-order valence-corrected chi connectivity index (χ0v) is 14.1. The molecule has 0 bridgehead atoms. The molecule has 25 heavy (non-hydrogen) atoms. The molecule has 0 N–H and O–H groups in total. The Balaban J connectivity index is 1.40. The van der Waals surface area contributed by atoms with Gasteiger partial charge in [-0.1, -0.05) is 18.2 Å². The van der Waals surface area contributed by atoms with Crippen LogP contribution in [0, 0.1) is 17.2 Å². The number of aromatic nitrogens is 1. The predicted molar refractivity (Wildman–Crippen MR) is 96.4 cm³/mol. The standard InChI is InChI=1S/C20H20N4O/c21-13-15-5-6-19(22-14-15)23-10-7-17(8-11-23)20(25)24-12-9-16-3-1-2-4-18(16)24/h1-6,14,17H,7-12H2. The summed E-state index contributed by atoms with van der Waals surface area (Å²) in [6, 6.07) is 14.0. The number of carbonyl (C=O) groups excluding carboxylic acids is 1. The van der Waals surface area contributed by atoms with Crippen LogP contribution < -0.4 is 9.80 Å². The van der Waals surface area contributed by atoms with Crippen molar-refractivity contribution in [3.63, 3.8) is 0 Å². The van der Waals surface area contributed by atoms with E-state index in [0.717, 1.165) is 50.4 Å². The fourth-order valence-corrected chi connectivity index (χ4v) is 3.78. The van der Waals surface area contributed by atoms with Crippen molar-refractivity contribution >= 4 is 17.4 Å². The Morgan fingerprint density at radius 1 is 1.12 bits per heavy atom. The molecule has 2 aromatic rings. The Labute approximate surface area is 147 Å². The molecule has 1 fully saturated rings. The third-order valence-corrected chi connectivity index (χ3v) is 5.20. The molecule has 0 saturated carbocycles. The van der Waals surface area contributed by atoms with Crippen molar-refractivity contribution in [2.45, 2.75) is 19.3 Å². The molecule has 0 radical (unpaired) electrons. The van der Waals surface area contributed by atoms with Crippen LogP contribution in [0.2, 0.25) is 0 Å². The zero-order chi connectivity index (χ0) is 17.2. The molecule has 4 rings (SSSR count). The third-order valence-electron chi connectivity index (χ3n) is 5.20. The average molecular weight is 332 g/mol. The number of rotatable bonds is 2. The first kappa shape index (κ1) is 15.6. The number of nitrogens with zero attached hydrogens (tertiary/aromatic N) is 4. The summed E-state index contributed by atoms with van der Waals surface area (Å²) in [6.45, 7) is 2.45. The van der Waals surface area contributed by atoms with Crippen molar-refractivity contribution in [2.24, 2.45) is 5.92 Å². The molecule has 0 unspecified atom stereocenters. The number of amides is 1. The van der Waals surface area contributed by atoms with E-state index in [0.29, 0.717) is 5.56 Å². The maximum atomic E-state index is 12.9.